The molecular weight excluding hydrogens is 452 g/mol. The molecule has 0 spiro atoms. The zero-order valence-electron chi connectivity index (χ0n) is 16.3. The van der Waals surface area contributed by atoms with Crippen LogP contribution in [0.4, 0.5) is 5.69 Å². The fraction of sp³-hybridized carbons (Fsp3) is 0. The van der Waals surface area contributed by atoms with E-state index in [-0.39, 0.29) is 27.7 Å². The van der Waals surface area contributed by atoms with Crippen LogP contribution in [0.15, 0.2) is 93.9 Å². The van der Waals surface area contributed by atoms with E-state index in [9.17, 15) is 18.0 Å². The van der Waals surface area contributed by atoms with Crippen molar-refractivity contribution in [2.75, 3.05) is 5.32 Å². The molecule has 1 aliphatic carbocycles. The first-order valence-corrected chi connectivity index (χ1v) is 11.1. The van der Waals surface area contributed by atoms with E-state index < -0.39 is 16.0 Å². The highest BCUT2D eigenvalue weighted by Crippen LogP contribution is 2.25. The molecular formula is C23H15ClN2O5S. The number of carbonyl (C=O) groups is 2. The normalized spacial score (nSPS) is 14.6. The maximum absolute atomic E-state index is 13.0. The number of Topliss-reactive ketones (excluding diaryl/α,β-unsaturated/α-hetero) is 1. The van der Waals surface area contributed by atoms with E-state index in [2.05, 4.69) is 9.71 Å². The summed E-state index contributed by atoms with van der Waals surface area (Å²) in [6.45, 7) is 0. The minimum atomic E-state index is -4.07. The number of hydrogen-bond acceptors (Lipinski definition) is 5. The number of carboxylic acid groups (broad SMARTS) is 1. The van der Waals surface area contributed by atoms with Gasteiger partial charge in [-0.05, 0) is 54.6 Å². The lowest BCUT2D eigenvalue weighted by Crippen LogP contribution is -2.22. The number of nitrogens with one attached hydrogen (secondary N) is 1. The first-order chi connectivity index (χ1) is 15.2. The smallest absolute Gasteiger partial charge is 0.335 e. The Balaban J connectivity index is 1.76. The third-order valence-electron chi connectivity index (χ3n) is 4.71. The molecule has 7 nitrogen and oxygen atoms in total. The van der Waals surface area contributed by atoms with Crippen LogP contribution in [-0.4, -0.2) is 31.0 Å². The van der Waals surface area contributed by atoms with Gasteiger partial charge in [0.2, 0.25) is 5.78 Å². The molecule has 32 heavy (non-hydrogen) atoms. The summed E-state index contributed by atoms with van der Waals surface area (Å²) in [5, 5.41) is 12.4. The van der Waals surface area contributed by atoms with Gasteiger partial charge in [-0.1, -0.05) is 35.9 Å². The molecule has 0 unspecified atom stereocenters. The number of hydrogen-bond donors (Lipinski definition) is 2. The van der Waals surface area contributed by atoms with Crippen LogP contribution in [0.1, 0.15) is 26.3 Å². The molecule has 1 aliphatic rings. The van der Waals surface area contributed by atoms with Gasteiger partial charge in [0.05, 0.1) is 21.9 Å². The number of carbonyl (C=O) groups excluding carboxylic acids is 1. The maximum atomic E-state index is 13.0. The maximum Gasteiger partial charge on any atom is 0.335 e. The quantitative estimate of drug-likeness (QED) is 0.576. The van der Waals surface area contributed by atoms with E-state index >= 15 is 0 Å². The number of fused-ring (bicyclic) bond motifs is 1. The number of nitrogens with zero attached hydrogens (tertiary/aromatic N) is 1. The summed E-state index contributed by atoms with van der Waals surface area (Å²) in [5.41, 5.74) is 1.46. The topological polar surface area (TPSA) is 113 Å². The molecule has 160 valence electrons. The van der Waals surface area contributed by atoms with Crippen molar-refractivity contribution in [2.24, 2.45) is 4.40 Å². The summed E-state index contributed by atoms with van der Waals surface area (Å²) in [7, 11) is -4.07. The summed E-state index contributed by atoms with van der Waals surface area (Å²) < 4.78 is 29.7. The van der Waals surface area contributed by atoms with Crippen molar-refractivity contribution in [3.63, 3.8) is 0 Å². The number of halogens is 1. The molecule has 0 aliphatic heterocycles. The molecule has 9 heteroatoms. The van der Waals surface area contributed by atoms with Gasteiger partial charge in [-0.15, -0.1) is 0 Å². The Morgan fingerprint density at radius 3 is 2.16 bits per heavy atom. The molecule has 0 radical (unpaired) electrons. The van der Waals surface area contributed by atoms with E-state index in [1.165, 1.54) is 54.6 Å². The highest BCUT2D eigenvalue weighted by molar-refractivity contribution is 7.90. The van der Waals surface area contributed by atoms with Gasteiger partial charge in [0.1, 0.15) is 0 Å². The number of ketones is 1. The van der Waals surface area contributed by atoms with Crippen LogP contribution in [0.3, 0.4) is 0 Å². The van der Waals surface area contributed by atoms with Crippen molar-refractivity contribution in [2.45, 2.75) is 4.90 Å². The van der Waals surface area contributed by atoms with Crippen LogP contribution < -0.4 is 5.32 Å². The predicted octanol–water partition coefficient (Wildman–Crippen LogP) is 4.41. The van der Waals surface area contributed by atoms with Gasteiger partial charge in [-0.25, -0.2) is 4.79 Å². The number of sulfonamides is 1. The van der Waals surface area contributed by atoms with E-state index in [1.54, 1.807) is 24.3 Å². The van der Waals surface area contributed by atoms with Crippen LogP contribution in [0, 0.1) is 0 Å². The van der Waals surface area contributed by atoms with Gasteiger partial charge < -0.3 is 10.4 Å². The second kappa shape index (κ2) is 8.41. The standard InChI is InChI=1S/C23H15ClN2O5S/c24-15-7-11-17(12-8-15)32(30,31)26-20-13-21(22(27)19-4-2-1-3-18(19)20)25-16-9-5-14(6-10-16)23(28)29/h1-13,25H,(H,28,29). The Hall–Kier alpha value is -3.75. The molecule has 0 saturated heterocycles. The van der Waals surface area contributed by atoms with E-state index in [0.29, 0.717) is 21.8 Å². The lowest BCUT2D eigenvalue weighted by atomic mass is 9.92. The summed E-state index contributed by atoms with van der Waals surface area (Å²) in [6.07, 6.45) is 1.36. The molecule has 0 amide bonds. The summed E-state index contributed by atoms with van der Waals surface area (Å²) in [4.78, 5) is 24.0. The molecule has 0 bridgehead atoms. The Bertz CT molecular complexity index is 1390. The fourth-order valence-electron chi connectivity index (χ4n) is 3.14. The minimum Gasteiger partial charge on any atom is -0.478 e. The molecule has 0 aromatic heterocycles. The number of anilines is 1. The molecule has 4 rings (SSSR count). The van der Waals surface area contributed by atoms with E-state index in [4.69, 9.17) is 16.7 Å². The van der Waals surface area contributed by atoms with Crippen molar-refractivity contribution in [3.8, 4) is 0 Å². The van der Waals surface area contributed by atoms with E-state index in [1.807, 2.05) is 0 Å². The number of rotatable bonds is 5. The lowest BCUT2D eigenvalue weighted by molar-refractivity contribution is 0.0696. The highest BCUT2D eigenvalue weighted by Gasteiger charge is 2.26. The Kier molecular flexibility index (Phi) is 5.65. The number of allylic oxidation sites excluding steroid dienone is 2. The van der Waals surface area contributed by atoms with Crippen molar-refractivity contribution in [3.05, 3.63) is 106 Å². The van der Waals surface area contributed by atoms with Crippen molar-refractivity contribution >= 4 is 44.8 Å². The number of benzene rings is 3. The molecule has 0 fully saturated rings. The SMILES string of the molecule is O=C(O)c1ccc(NC2=CC(=NS(=O)(=O)c3ccc(Cl)cc3)c3ccccc3C2=O)cc1. The molecule has 0 atom stereocenters. The third-order valence-corrected chi connectivity index (χ3v) is 6.27. The average Bonchev–Trinajstić information content (AvgIpc) is 2.77. The van der Waals surface area contributed by atoms with E-state index in [0.717, 1.165) is 0 Å². The van der Waals surface area contributed by atoms with Gasteiger partial charge in [-0.3, -0.25) is 4.79 Å². The van der Waals surface area contributed by atoms with Crippen molar-refractivity contribution in [1.82, 2.24) is 0 Å². The van der Waals surface area contributed by atoms with Crippen LogP contribution in [0.2, 0.25) is 5.02 Å². The minimum absolute atomic E-state index is 0.0315. The Labute approximate surface area is 188 Å². The first kappa shape index (κ1) is 21.5. The summed E-state index contributed by atoms with van der Waals surface area (Å²) in [5.74, 6) is -1.41. The monoisotopic (exact) mass is 466 g/mol. The average molecular weight is 467 g/mol. The number of carboxylic acids is 1. The second-order valence-corrected chi connectivity index (χ2v) is 8.89. The zero-order chi connectivity index (χ0) is 22.9. The van der Waals surface area contributed by atoms with Crippen molar-refractivity contribution in [1.29, 1.82) is 0 Å². The van der Waals surface area contributed by atoms with Crippen LogP contribution in [0.25, 0.3) is 0 Å². The van der Waals surface area contributed by atoms with Crippen LogP contribution >= 0.6 is 11.6 Å². The molecule has 3 aromatic rings. The lowest BCUT2D eigenvalue weighted by Gasteiger charge is -2.19. The zero-order valence-corrected chi connectivity index (χ0v) is 17.9. The fourth-order valence-corrected chi connectivity index (χ4v) is 4.26. The van der Waals surface area contributed by atoms with Gasteiger partial charge in [0.15, 0.2) is 0 Å². The molecule has 0 heterocycles. The molecule has 3 aromatic carbocycles. The Morgan fingerprint density at radius 2 is 1.53 bits per heavy atom. The second-order valence-electron chi connectivity index (χ2n) is 6.85. The summed E-state index contributed by atoms with van der Waals surface area (Å²) in [6, 6.07) is 18.0. The Morgan fingerprint density at radius 1 is 0.906 bits per heavy atom. The highest BCUT2D eigenvalue weighted by atomic mass is 35.5. The molecule has 2 N–H and O–H groups in total. The van der Waals surface area contributed by atoms with Gasteiger partial charge in [0, 0.05) is 21.8 Å². The first-order valence-electron chi connectivity index (χ1n) is 9.31. The predicted molar refractivity (Wildman–Crippen MR) is 121 cm³/mol. The van der Waals surface area contributed by atoms with Crippen molar-refractivity contribution < 1.29 is 23.1 Å². The van der Waals surface area contributed by atoms with Gasteiger partial charge in [-0.2, -0.15) is 12.8 Å². The number of aromatic carboxylic acids is 1. The van der Waals surface area contributed by atoms with Gasteiger partial charge in [0.25, 0.3) is 10.0 Å². The van der Waals surface area contributed by atoms with Gasteiger partial charge >= 0.3 is 5.97 Å². The largest absolute Gasteiger partial charge is 0.478 e. The van der Waals surface area contributed by atoms with Crippen LogP contribution in [0.5, 0.6) is 0 Å². The summed E-state index contributed by atoms with van der Waals surface area (Å²) >= 11 is 5.84. The molecule has 0 saturated carbocycles. The third kappa shape index (κ3) is 4.32. The van der Waals surface area contributed by atoms with Crippen LogP contribution in [-0.2, 0) is 10.0 Å².